The van der Waals surface area contributed by atoms with Gasteiger partial charge in [0.1, 0.15) is 17.8 Å². The molecule has 0 fully saturated rings. The molecule has 0 saturated heterocycles. The minimum atomic E-state index is -0.197. The van der Waals surface area contributed by atoms with Crippen molar-refractivity contribution in [2.24, 2.45) is 0 Å². The summed E-state index contributed by atoms with van der Waals surface area (Å²) in [6, 6.07) is 20.2. The van der Waals surface area contributed by atoms with Gasteiger partial charge in [0.15, 0.2) is 0 Å². The second kappa shape index (κ2) is 6.96. The van der Waals surface area contributed by atoms with Gasteiger partial charge in [0.05, 0.1) is 0 Å². The van der Waals surface area contributed by atoms with Gasteiger partial charge < -0.3 is 10.2 Å². The molecule has 1 atom stereocenters. The maximum atomic E-state index is 12.5. The molecule has 2 heterocycles. The van der Waals surface area contributed by atoms with Crippen molar-refractivity contribution in [3.8, 4) is 0 Å². The second-order valence-electron chi connectivity index (χ2n) is 6.48. The van der Waals surface area contributed by atoms with Crippen molar-refractivity contribution < 1.29 is 4.79 Å². The van der Waals surface area contributed by atoms with Gasteiger partial charge in [-0.3, -0.25) is 4.79 Å². The van der Waals surface area contributed by atoms with Crippen LogP contribution in [0.25, 0.3) is 0 Å². The van der Waals surface area contributed by atoms with Gasteiger partial charge in [-0.1, -0.05) is 48.5 Å². The van der Waals surface area contributed by atoms with Crippen LogP contribution in [0.2, 0.25) is 0 Å². The number of benzene rings is 2. The molecule has 1 aliphatic heterocycles. The number of carbonyl (C=O) groups excluding carboxylic acids is 1. The number of nitrogens with zero attached hydrogens (tertiary/aromatic N) is 3. The zero-order valence-corrected chi connectivity index (χ0v) is 14.6. The third-order valence-electron chi connectivity index (χ3n) is 4.64. The summed E-state index contributed by atoms with van der Waals surface area (Å²) >= 11 is 0. The van der Waals surface area contributed by atoms with Gasteiger partial charge in [-0.15, -0.1) is 0 Å². The van der Waals surface area contributed by atoms with Crippen molar-refractivity contribution in [2.75, 3.05) is 4.90 Å². The minimum Gasteiger partial charge on any atom is -0.347 e. The monoisotopic (exact) mass is 344 g/mol. The van der Waals surface area contributed by atoms with E-state index in [1.54, 1.807) is 6.07 Å². The first-order chi connectivity index (χ1) is 12.7. The largest absolute Gasteiger partial charge is 0.347 e. The molecule has 1 amide bonds. The molecule has 1 aromatic heterocycles. The molecule has 2 aromatic carbocycles. The Labute approximate surface area is 152 Å². The van der Waals surface area contributed by atoms with E-state index in [0.29, 0.717) is 18.3 Å². The fraction of sp³-hybridized carbons (Fsp3) is 0.190. The molecule has 130 valence electrons. The normalized spacial score (nSPS) is 15.6. The summed E-state index contributed by atoms with van der Waals surface area (Å²) in [6.07, 6.45) is 2.43. The Kier molecular flexibility index (Phi) is 4.35. The topological polar surface area (TPSA) is 58.1 Å². The number of nitrogens with one attached hydrogen (secondary N) is 1. The van der Waals surface area contributed by atoms with Crippen LogP contribution in [0.1, 0.15) is 28.5 Å². The van der Waals surface area contributed by atoms with E-state index in [4.69, 9.17) is 0 Å². The van der Waals surface area contributed by atoms with E-state index in [9.17, 15) is 4.79 Å². The van der Waals surface area contributed by atoms with Crippen LogP contribution in [0, 0.1) is 0 Å². The Bertz CT molecular complexity index is 926. The first-order valence-corrected chi connectivity index (χ1v) is 8.73. The molecule has 0 radical (unpaired) electrons. The van der Waals surface area contributed by atoms with Crippen molar-refractivity contribution in [1.82, 2.24) is 15.3 Å². The fourth-order valence-corrected chi connectivity index (χ4v) is 3.39. The number of carbonyl (C=O) groups is 1. The molecule has 4 rings (SSSR count). The average molecular weight is 344 g/mol. The molecule has 26 heavy (non-hydrogen) atoms. The van der Waals surface area contributed by atoms with Crippen LogP contribution in [0.3, 0.4) is 0 Å². The van der Waals surface area contributed by atoms with Gasteiger partial charge in [-0.05, 0) is 30.5 Å². The first-order valence-electron chi connectivity index (χ1n) is 8.73. The van der Waals surface area contributed by atoms with Gasteiger partial charge in [0.2, 0.25) is 0 Å². The van der Waals surface area contributed by atoms with Gasteiger partial charge in [-0.2, -0.15) is 0 Å². The molecule has 3 aromatic rings. The summed E-state index contributed by atoms with van der Waals surface area (Å²) < 4.78 is 0. The molecule has 5 nitrogen and oxygen atoms in total. The highest BCUT2D eigenvalue weighted by molar-refractivity contribution is 5.93. The molecule has 0 bridgehead atoms. The Hall–Kier alpha value is -3.21. The zero-order chi connectivity index (χ0) is 17.9. The molecule has 0 saturated carbocycles. The molecule has 1 unspecified atom stereocenters. The van der Waals surface area contributed by atoms with Gasteiger partial charge in [0.25, 0.3) is 5.91 Å². The average Bonchev–Trinajstić information content (AvgIpc) is 3.02. The molecule has 5 heteroatoms. The van der Waals surface area contributed by atoms with E-state index in [1.807, 2.05) is 36.4 Å². The van der Waals surface area contributed by atoms with E-state index in [2.05, 4.69) is 45.3 Å². The minimum absolute atomic E-state index is 0.197. The number of hydrogen-bond donors (Lipinski definition) is 1. The Morgan fingerprint density at radius 3 is 2.73 bits per heavy atom. The number of rotatable bonds is 4. The lowest BCUT2D eigenvalue weighted by Crippen LogP contribution is -2.27. The van der Waals surface area contributed by atoms with Crippen LogP contribution in [-0.2, 0) is 13.0 Å². The smallest absolute Gasteiger partial charge is 0.270 e. The number of para-hydroxylation sites is 1. The Morgan fingerprint density at radius 2 is 1.88 bits per heavy atom. The molecule has 1 N–H and O–H groups in total. The maximum Gasteiger partial charge on any atom is 0.270 e. The molecule has 1 aliphatic rings. The number of fused-ring (bicyclic) bond motifs is 1. The lowest BCUT2D eigenvalue weighted by Gasteiger charge is -2.23. The Morgan fingerprint density at radius 1 is 1.12 bits per heavy atom. The van der Waals surface area contributed by atoms with Crippen LogP contribution in [0.5, 0.6) is 0 Å². The van der Waals surface area contributed by atoms with Gasteiger partial charge in [0, 0.05) is 24.3 Å². The van der Waals surface area contributed by atoms with Crippen LogP contribution in [-0.4, -0.2) is 21.9 Å². The highest BCUT2D eigenvalue weighted by Crippen LogP contribution is 2.36. The molecule has 0 spiro atoms. The number of hydrogen-bond acceptors (Lipinski definition) is 4. The van der Waals surface area contributed by atoms with Crippen molar-refractivity contribution in [3.05, 3.63) is 83.8 Å². The zero-order valence-electron chi connectivity index (χ0n) is 14.6. The van der Waals surface area contributed by atoms with E-state index in [-0.39, 0.29) is 5.91 Å². The van der Waals surface area contributed by atoms with Crippen molar-refractivity contribution in [3.63, 3.8) is 0 Å². The standard InChI is InChI=1S/C21H20N4O/c1-15-11-17-9-5-6-10-19(17)25(15)20-12-18(23-14-24-20)21(26)22-13-16-7-3-2-4-8-16/h2-10,12,14-15H,11,13H2,1H3,(H,22,26). The highest BCUT2D eigenvalue weighted by atomic mass is 16.1. The predicted molar refractivity (Wildman–Crippen MR) is 101 cm³/mol. The Balaban J connectivity index is 1.54. The molecule has 0 aliphatic carbocycles. The van der Waals surface area contributed by atoms with Crippen LogP contribution >= 0.6 is 0 Å². The van der Waals surface area contributed by atoms with Gasteiger partial charge in [-0.25, -0.2) is 9.97 Å². The number of anilines is 2. The van der Waals surface area contributed by atoms with Crippen molar-refractivity contribution in [1.29, 1.82) is 0 Å². The third kappa shape index (κ3) is 3.16. The van der Waals surface area contributed by atoms with E-state index < -0.39 is 0 Å². The summed E-state index contributed by atoms with van der Waals surface area (Å²) in [5.74, 6) is 0.556. The molecular formula is C21H20N4O. The third-order valence-corrected chi connectivity index (χ3v) is 4.64. The highest BCUT2D eigenvalue weighted by Gasteiger charge is 2.28. The van der Waals surface area contributed by atoms with Crippen molar-refractivity contribution >= 4 is 17.4 Å². The SMILES string of the molecule is CC1Cc2ccccc2N1c1cc(C(=O)NCc2ccccc2)ncn1. The van der Waals surface area contributed by atoms with Crippen LogP contribution < -0.4 is 10.2 Å². The maximum absolute atomic E-state index is 12.5. The predicted octanol–water partition coefficient (Wildman–Crippen LogP) is 3.49. The number of amides is 1. The summed E-state index contributed by atoms with van der Waals surface area (Å²) in [5.41, 5.74) is 3.88. The van der Waals surface area contributed by atoms with E-state index in [0.717, 1.165) is 23.5 Å². The summed E-state index contributed by atoms with van der Waals surface area (Å²) in [6.45, 7) is 2.64. The van der Waals surface area contributed by atoms with Crippen LogP contribution in [0.4, 0.5) is 11.5 Å². The number of aromatic nitrogens is 2. The van der Waals surface area contributed by atoms with Crippen molar-refractivity contribution in [2.45, 2.75) is 25.9 Å². The summed E-state index contributed by atoms with van der Waals surface area (Å²) in [5, 5.41) is 2.92. The van der Waals surface area contributed by atoms with Gasteiger partial charge >= 0.3 is 0 Å². The fourth-order valence-electron chi connectivity index (χ4n) is 3.39. The van der Waals surface area contributed by atoms with E-state index >= 15 is 0 Å². The molecular weight excluding hydrogens is 324 g/mol. The summed E-state index contributed by atoms with van der Waals surface area (Å²) in [7, 11) is 0. The lowest BCUT2D eigenvalue weighted by molar-refractivity contribution is 0.0945. The lowest BCUT2D eigenvalue weighted by atomic mass is 10.1. The summed E-state index contributed by atoms with van der Waals surface area (Å²) in [4.78, 5) is 23.2. The quantitative estimate of drug-likeness (QED) is 0.787. The first kappa shape index (κ1) is 16.3. The van der Waals surface area contributed by atoms with Crippen LogP contribution in [0.15, 0.2) is 67.0 Å². The second-order valence-corrected chi connectivity index (χ2v) is 6.48. The van der Waals surface area contributed by atoms with E-state index in [1.165, 1.54) is 11.9 Å².